The molecule has 0 spiro atoms. The van der Waals surface area contributed by atoms with Crippen molar-refractivity contribution in [2.75, 3.05) is 7.11 Å². The van der Waals surface area contributed by atoms with Gasteiger partial charge in [0.25, 0.3) is 0 Å². The molecule has 6 heteroatoms. The smallest absolute Gasteiger partial charge is 0.312 e. The van der Waals surface area contributed by atoms with Gasteiger partial charge in [-0.3, -0.25) is 14.4 Å². The number of carboxylic acids is 1. The first-order valence-electron chi connectivity index (χ1n) is 8.86. The Labute approximate surface area is 161 Å². The fraction of sp³-hybridized carbons (Fsp3) is 0.227. The summed E-state index contributed by atoms with van der Waals surface area (Å²) in [6, 6.07) is 16.6. The standard InChI is InChI=1S/C22H18O6/c1-27-21(26)17-16-11-12-22(28-16,18(17)20(24)25)19(23)15-9-7-14(8-10-15)13-5-3-2-4-6-13/h2-12,16-18H,1H3,(H,24,25). The number of fused-ring (bicyclic) bond motifs is 2. The summed E-state index contributed by atoms with van der Waals surface area (Å²) in [7, 11) is 1.19. The molecule has 2 aromatic rings. The van der Waals surface area contributed by atoms with E-state index in [0.717, 1.165) is 11.1 Å². The number of carbonyl (C=O) groups excluding carboxylic acids is 2. The number of ether oxygens (including phenoxy) is 2. The Morgan fingerprint density at radius 3 is 2.25 bits per heavy atom. The molecule has 2 aromatic carbocycles. The third-order valence-electron chi connectivity index (χ3n) is 5.39. The van der Waals surface area contributed by atoms with Gasteiger partial charge in [-0.25, -0.2) is 0 Å². The molecule has 1 fully saturated rings. The first-order chi connectivity index (χ1) is 13.5. The zero-order valence-electron chi connectivity index (χ0n) is 15.1. The number of rotatable bonds is 5. The van der Waals surface area contributed by atoms with Crippen molar-refractivity contribution in [3.8, 4) is 11.1 Å². The summed E-state index contributed by atoms with van der Waals surface area (Å²) in [5.41, 5.74) is 0.557. The normalized spacial score (nSPS) is 27.5. The molecule has 2 aliphatic rings. The van der Waals surface area contributed by atoms with E-state index in [1.165, 1.54) is 13.2 Å². The Hall–Kier alpha value is -3.25. The minimum atomic E-state index is -1.70. The van der Waals surface area contributed by atoms with Crippen LogP contribution in [0.1, 0.15) is 10.4 Å². The number of carbonyl (C=O) groups is 3. The molecule has 28 heavy (non-hydrogen) atoms. The number of esters is 1. The fourth-order valence-corrected chi connectivity index (χ4v) is 4.05. The van der Waals surface area contributed by atoms with Crippen molar-refractivity contribution in [1.29, 1.82) is 0 Å². The maximum absolute atomic E-state index is 13.3. The van der Waals surface area contributed by atoms with E-state index >= 15 is 0 Å². The van der Waals surface area contributed by atoms with Crippen LogP contribution >= 0.6 is 0 Å². The highest BCUT2D eigenvalue weighted by molar-refractivity contribution is 6.08. The molecule has 142 valence electrons. The van der Waals surface area contributed by atoms with Crippen LogP contribution in [0.4, 0.5) is 0 Å². The number of ketones is 1. The van der Waals surface area contributed by atoms with Crippen LogP contribution in [0.2, 0.25) is 0 Å². The topological polar surface area (TPSA) is 89.9 Å². The van der Waals surface area contributed by atoms with E-state index in [4.69, 9.17) is 9.47 Å². The summed E-state index contributed by atoms with van der Waals surface area (Å²) in [5, 5.41) is 9.73. The van der Waals surface area contributed by atoms with Gasteiger partial charge in [-0.2, -0.15) is 0 Å². The highest BCUT2D eigenvalue weighted by Crippen LogP contribution is 2.49. The van der Waals surface area contributed by atoms with Crippen molar-refractivity contribution in [2.24, 2.45) is 11.8 Å². The lowest BCUT2D eigenvalue weighted by molar-refractivity contribution is -0.155. The molecule has 2 heterocycles. The molecule has 0 aliphatic carbocycles. The molecule has 0 aromatic heterocycles. The Morgan fingerprint density at radius 2 is 1.64 bits per heavy atom. The summed E-state index contributed by atoms with van der Waals surface area (Å²) in [5.74, 6) is -4.84. The molecule has 4 rings (SSSR count). The first kappa shape index (κ1) is 18.1. The van der Waals surface area contributed by atoms with Crippen LogP contribution in [0.25, 0.3) is 11.1 Å². The van der Waals surface area contributed by atoms with Crippen LogP contribution in [-0.2, 0) is 19.1 Å². The number of aliphatic carboxylic acids is 1. The van der Waals surface area contributed by atoms with Crippen LogP contribution in [0.5, 0.6) is 0 Å². The maximum Gasteiger partial charge on any atom is 0.312 e. The van der Waals surface area contributed by atoms with Crippen LogP contribution in [0.3, 0.4) is 0 Å². The predicted octanol–water partition coefficient (Wildman–Crippen LogP) is 2.73. The average Bonchev–Trinajstić information content (AvgIpc) is 3.31. The van der Waals surface area contributed by atoms with Crippen molar-refractivity contribution in [2.45, 2.75) is 11.7 Å². The van der Waals surface area contributed by atoms with Gasteiger partial charge in [0, 0.05) is 5.56 Å². The van der Waals surface area contributed by atoms with E-state index in [0.29, 0.717) is 5.56 Å². The summed E-state index contributed by atoms with van der Waals surface area (Å²) in [4.78, 5) is 37.3. The van der Waals surface area contributed by atoms with Crippen molar-refractivity contribution >= 4 is 17.7 Å². The second-order valence-electron chi connectivity index (χ2n) is 6.87. The van der Waals surface area contributed by atoms with Gasteiger partial charge in [-0.1, -0.05) is 60.7 Å². The van der Waals surface area contributed by atoms with Crippen LogP contribution in [0, 0.1) is 11.8 Å². The first-order valence-corrected chi connectivity index (χ1v) is 8.86. The van der Waals surface area contributed by atoms with Crippen LogP contribution < -0.4 is 0 Å². The van der Waals surface area contributed by atoms with E-state index in [2.05, 4.69) is 0 Å². The Kier molecular flexibility index (Phi) is 4.35. The minimum Gasteiger partial charge on any atom is -0.481 e. The number of hydrogen-bond acceptors (Lipinski definition) is 5. The molecule has 6 nitrogen and oxygen atoms in total. The van der Waals surface area contributed by atoms with Gasteiger partial charge in [0.05, 0.1) is 13.2 Å². The molecule has 0 saturated carbocycles. The van der Waals surface area contributed by atoms with E-state index in [1.54, 1.807) is 30.3 Å². The Morgan fingerprint density at radius 1 is 1.00 bits per heavy atom. The number of Topliss-reactive ketones (excluding diaryl/α,β-unsaturated/α-hetero) is 1. The van der Waals surface area contributed by atoms with E-state index in [1.807, 2.05) is 30.3 Å². The van der Waals surface area contributed by atoms with Gasteiger partial charge in [0.15, 0.2) is 11.4 Å². The lowest BCUT2D eigenvalue weighted by Crippen LogP contribution is -2.48. The van der Waals surface area contributed by atoms with Gasteiger partial charge in [-0.05, 0) is 17.2 Å². The van der Waals surface area contributed by atoms with Crippen molar-refractivity contribution in [3.63, 3.8) is 0 Å². The van der Waals surface area contributed by atoms with E-state index in [-0.39, 0.29) is 0 Å². The van der Waals surface area contributed by atoms with Crippen LogP contribution in [0.15, 0.2) is 66.7 Å². The van der Waals surface area contributed by atoms with Gasteiger partial charge in [-0.15, -0.1) is 0 Å². The molecule has 0 radical (unpaired) electrons. The highest BCUT2D eigenvalue weighted by atomic mass is 16.5. The van der Waals surface area contributed by atoms with Gasteiger partial charge in [0.2, 0.25) is 0 Å². The maximum atomic E-state index is 13.3. The van der Waals surface area contributed by atoms with Gasteiger partial charge < -0.3 is 14.6 Å². The average molecular weight is 378 g/mol. The largest absolute Gasteiger partial charge is 0.481 e. The SMILES string of the molecule is COC(=O)C1C2C=CC(C(=O)c3ccc(-c4ccccc4)cc3)(O2)C1C(=O)O. The molecule has 2 aliphatic heterocycles. The zero-order valence-corrected chi connectivity index (χ0v) is 15.1. The number of benzene rings is 2. The summed E-state index contributed by atoms with van der Waals surface area (Å²) < 4.78 is 10.5. The molecular formula is C22H18O6. The Bertz CT molecular complexity index is 962. The van der Waals surface area contributed by atoms with E-state index in [9.17, 15) is 19.5 Å². The van der Waals surface area contributed by atoms with Crippen LogP contribution in [-0.4, -0.2) is 41.6 Å². The fourth-order valence-electron chi connectivity index (χ4n) is 4.05. The van der Waals surface area contributed by atoms with Gasteiger partial charge in [0.1, 0.15) is 11.8 Å². The lowest BCUT2D eigenvalue weighted by Gasteiger charge is -2.28. The quantitative estimate of drug-likeness (QED) is 0.489. The second kappa shape index (κ2) is 6.73. The third kappa shape index (κ3) is 2.65. The van der Waals surface area contributed by atoms with Gasteiger partial charge >= 0.3 is 11.9 Å². The number of methoxy groups -OCH3 is 1. The van der Waals surface area contributed by atoms with Crippen molar-refractivity contribution in [1.82, 2.24) is 0 Å². The Balaban J connectivity index is 1.68. The monoisotopic (exact) mass is 378 g/mol. The molecular weight excluding hydrogens is 360 g/mol. The number of carboxylic acid groups (broad SMARTS) is 1. The van der Waals surface area contributed by atoms with E-state index < -0.39 is 41.3 Å². The molecule has 4 unspecified atom stereocenters. The highest BCUT2D eigenvalue weighted by Gasteiger charge is 2.66. The molecule has 1 N–H and O–H groups in total. The molecule has 4 atom stereocenters. The predicted molar refractivity (Wildman–Crippen MR) is 99.6 cm³/mol. The lowest BCUT2D eigenvalue weighted by atomic mass is 9.72. The second-order valence-corrected chi connectivity index (χ2v) is 6.87. The summed E-state index contributed by atoms with van der Waals surface area (Å²) >= 11 is 0. The van der Waals surface area contributed by atoms with Crippen molar-refractivity contribution < 1.29 is 29.0 Å². The minimum absolute atomic E-state index is 0.321. The molecule has 0 amide bonds. The number of hydrogen-bond donors (Lipinski definition) is 1. The molecule has 1 saturated heterocycles. The summed E-state index contributed by atoms with van der Waals surface area (Å²) in [6.07, 6.45) is 2.24. The summed E-state index contributed by atoms with van der Waals surface area (Å²) in [6.45, 7) is 0. The molecule has 2 bridgehead atoms. The zero-order chi connectivity index (χ0) is 19.9. The third-order valence-corrected chi connectivity index (χ3v) is 5.39. The van der Waals surface area contributed by atoms with Crippen molar-refractivity contribution in [3.05, 3.63) is 72.3 Å².